The maximum Gasteiger partial charge on any atom is 0.340 e. The van der Waals surface area contributed by atoms with E-state index in [1.54, 1.807) is 37.3 Å². The number of hydrogen-bond donors (Lipinski definition) is 1. The number of rotatable bonds is 7. The maximum atomic E-state index is 12.5. The molecular weight excluding hydrogens is 423 g/mol. The zero-order valence-electron chi connectivity index (χ0n) is 15.4. The van der Waals surface area contributed by atoms with Crippen molar-refractivity contribution in [3.63, 3.8) is 0 Å². The molecular formula is C19H20Cl2N2O4S. The van der Waals surface area contributed by atoms with Gasteiger partial charge in [0.05, 0.1) is 11.6 Å². The summed E-state index contributed by atoms with van der Waals surface area (Å²) in [6.45, 7) is 4.68. The smallest absolute Gasteiger partial charge is 0.340 e. The van der Waals surface area contributed by atoms with Gasteiger partial charge < -0.3 is 14.2 Å². The first-order valence-corrected chi connectivity index (χ1v) is 10.5. The average Bonchev–Trinajstić information content (AvgIpc) is 3.17. The number of halogens is 2. The Balaban J connectivity index is 1.68. The van der Waals surface area contributed by atoms with Crippen LogP contribution in [0.1, 0.15) is 13.8 Å². The number of nitrogens with one attached hydrogen (secondary N) is 1. The molecule has 2 unspecified atom stereocenters. The van der Waals surface area contributed by atoms with Gasteiger partial charge in [-0.1, -0.05) is 23.2 Å². The van der Waals surface area contributed by atoms with Crippen molar-refractivity contribution >= 4 is 40.9 Å². The number of thioether (sulfide) groups is 1. The zero-order chi connectivity index (χ0) is 20.1. The van der Waals surface area contributed by atoms with E-state index < -0.39 is 11.0 Å². The Kier molecular flexibility index (Phi) is 6.93. The Morgan fingerprint density at radius 3 is 2.64 bits per heavy atom. The molecule has 1 aliphatic heterocycles. The molecule has 9 heteroatoms. The molecule has 2 atom stereocenters. The molecule has 0 aliphatic carbocycles. The van der Waals surface area contributed by atoms with E-state index in [2.05, 4.69) is 10.3 Å². The lowest BCUT2D eigenvalue weighted by Gasteiger charge is -2.32. The van der Waals surface area contributed by atoms with Gasteiger partial charge in [-0.05, 0) is 44.2 Å². The largest absolute Gasteiger partial charge is 0.487 e. The van der Waals surface area contributed by atoms with Gasteiger partial charge in [-0.25, -0.2) is 9.78 Å². The molecule has 1 saturated heterocycles. The first-order chi connectivity index (χ1) is 13.4. The molecule has 1 fully saturated rings. The molecule has 0 radical (unpaired) electrons. The Labute approximate surface area is 177 Å². The first kappa shape index (κ1) is 21.0. The van der Waals surface area contributed by atoms with E-state index in [0.717, 1.165) is 12.3 Å². The van der Waals surface area contributed by atoms with Crippen LogP contribution >= 0.6 is 35.0 Å². The average molecular weight is 443 g/mol. The fourth-order valence-corrected chi connectivity index (χ4v) is 4.37. The van der Waals surface area contributed by atoms with Gasteiger partial charge >= 0.3 is 5.97 Å². The van der Waals surface area contributed by atoms with Crippen LogP contribution in [0, 0.1) is 0 Å². The van der Waals surface area contributed by atoms with Crippen molar-refractivity contribution in [3.05, 3.63) is 46.6 Å². The second-order valence-electron chi connectivity index (χ2n) is 6.01. The summed E-state index contributed by atoms with van der Waals surface area (Å²) in [6.07, 6.45) is 1.03. The monoisotopic (exact) mass is 442 g/mol. The molecule has 2 aromatic rings. The van der Waals surface area contributed by atoms with E-state index in [0.29, 0.717) is 28.2 Å². The van der Waals surface area contributed by atoms with Crippen molar-refractivity contribution < 1.29 is 19.0 Å². The van der Waals surface area contributed by atoms with Gasteiger partial charge in [-0.2, -0.15) is 0 Å². The minimum absolute atomic E-state index is 0.265. The molecule has 0 spiro atoms. The lowest BCUT2D eigenvalue weighted by atomic mass is 10.1. The molecule has 6 nitrogen and oxygen atoms in total. The highest BCUT2D eigenvalue weighted by atomic mass is 35.5. The molecule has 1 aromatic heterocycles. The highest BCUT2D eigenvalue weighted by Crippen LogP contribution is 2.35. The van der Waals surface area contributed by atoms with Crippen molar-refractivity contribution in [2.75, 3.05) is 18.9 Å². The van der Waals surface area contributed by atoms with Gasteiger partial charge in [0.15, 0.2) is 0 Å². The third-order valence-electron chi connectivity index (χ3n) is 4.10. The van der Waals surface area contributed by atoms with E-state index in [1.165, 1.54) is 18.0 Å². The summed E-state index contributed by atoms with van der Waals surface area (Å²) in [5, 5.41) is 3.99. The van der Waals surface area contributed by atoms with Crippen LogP contribution in [0.2, 0.25) is 10.0 Å². The van der Waals surface area contributed by atoms with E-state index in [-0.39, 0.29) is 11.8 Å². The molecule has 1 N–H and O–H groups in total. The number of carbonyl (C=O) groups excluding carboxylic acids is 1. The van der Waals surface area contributed by atoms with Crippen molar-refractivity contribution in [1.82, 2.24) is 10.3 Å². The van der Waals surface area contributed by atoms with Crippen molar-refractivity contribution in [3.8, 4) is 17.4 Å². The fraction of sp³-hybridized carbons (Fsp3) is 0.368. The van der Waals surface area contributed by atoms with Crippen LogP contribution < -0.4 is 14.8 Å². The lowest BCUT2D eigenvalue weighted by molar-refractivity contribution is -0.149. The van der Waals surface area contributed by atoms with E-state index in [4.69, 9.17) is 37.4 Å². The van der Waals surface area contributed by atoms with Crippen molar-refractivity contribution in [2.24, 2.45) is 0 Å². The van der Waals surface area contributed by atoms with Crippen LogP contribution in [-0.2, 0) is 9.53 Å². The van der Waals surface area contributed by atoms with Crippen LogP contribution in [0.25, 0.3) is 0 Å². The van der Waals surface area contributed by atoms with Gasteiger partial charge in [0.2, 0.25) is 10.8 Å². The fourth-order valence-electron chi connectivity index (χ4n) is 2.76. The molecule has 0 bridgehead atoms. The van der Waals surface area contributed by atoms with Crippen LogP contribution in [0.15, 0.2) is 36.5 Å². The third-order valence-corrected chi connectivity index (χ3v) is 6.08. The van der Waals surface area contributed by atoms with Gasteiger partial charge in [-0.3, -0.25) is 5.32 Å². The number of carbonyl (C=O) groups is 1. The Bertz CT molecular complexity index is 829. The van der Waals surface area contributed by atoms with Gasteiger partial charge in [0, 0.05) is 18.5 Å². The number of ether oxygens (including phenoxy) is 3. The van der Waals surface area contributed by atoms with Gasteiger partial charge in [-0.15, -0.1) is 11.8 Å². The summed E-state index contributed by atoms with van der Waals surface area (Å²) in [5.41, 5.74) is 0. The second kappa shape index (κ2) is 9.22. The van der Waals surface area contributed by atoms with Gasteiger partial charge in [0.25, 0.3) is 0 Å². The standard InChI is InChI=1S/C19H20Cl2N2O4S/c1-3-25-18(24)19(23-8-9-28-19)12(2)26-14-4-6-15(7-5-14)27-17-16(21)10-13(20)11-22-17/h4-7,10-12,23H,3,8-9H2,1-2H3. The summed E-state index contributed by atoms with van der Waals surface area (Å²) >= 11 is 13.4. The summed E-state index contributed by atoms with van der Waals surface area (Å²) in [6, 6.07) is 8.55. The number of pyridine rings is 1. The highest BCUT2D eigenvalue weighted by Gasteiger charge is 2.49. The minimum atomic E-state index is -0.911. The predicted octanol–water partition coefficient (Wildman–Crippen LogP) is 4.54. The van der Waals surface area contributed by atoms with Crippen LogP contribution in [0.3, 0.4) is 0 Å². The molecule has 1 aliphatic rings. The van der Waals surface area contributed by atoms with E-state index in [1.807, 2.05) is 6.92 Å². The summed E-state index contributed by atoms with van der Waals surface area (Å²) in [5.74, 6) is 1.92. The number of aromatic nitrogens is 1. The van der Waals surface area contributed by atoms with E-state index >= 15 is 0 Å². The number of benzene rings is 1. The molecule has 2 heterocycles. The molecule has 3 rings (SSSR count). The lowest BCUT2D eigenvalue weighted by Crippen LogP contribution is -2.56. The molecule has 0 saturated carbocycles. The number of hydrogen-bond acceptors (Lipinski definition) is 7. The zero-order valence-corrected chi connectivity index (χ0v) is 17.7. The van der Waals surface area contributed by atoms with Crippen molar-refractivity contribution in [1.29, 1.82) is 0 Å². The summed E-state index contributed by atoms with van der Waals surface area (Å²) < 4.78 is 16.9. The molecule has 150 valence electrons. The predicted molar refractivity (Wildman–Crippen MR) is 111 cm³/mol. The summed E-state index contributed by atoms with van der Waals surface area (Å²) in [7, 11) is 0. The second-order valence-corrected chi connectivity index (χ2v) is 8.19. The van der Waals surface area contributed by atoms with Crippen molar-refractivity contribution in [2.45, 2.75) is 24.8 Å². The number of nitrogens with zero attached hydrogens (tertiary/aromatic N) is 1. The molecule has 0 amide bonds. The highest BCUT2D eigenvalue weighted by molar-refractivity contribution is 8.01. The topological polar surface area (TPSA) is 69.7 Å². The number of esters is 1. The van der Waals surface area contributed by atoms with Crippen LogP contribution in [-0.4, -0.2) is 40.8 Å². The Hall–Kier alpha value is -1.67. The van der Waals surface area contributed by atoms with Crippen LogP contribution in [0.4, 0.5) is 0 Å². The van der Waals surface area contributed by atoms with Gasteiger partial charge in [0.1, 0.15) is 22.6 Å². The normalized spacial score (nSPS) is 19.9. The summed E-state index contributed by atoms with van der Waals surface area (Å²) in [4.78, 5) is 15.6. The third kappa shape index (κ3) is 4.66. The SMILES string of the molecule is CCOC(=O)C1(C(C)Oc2ccc(Oc3ncc(Cl)cc3Cl)cc2)NCCS1. The Morgan fingerprint density at radius 1 is 1.32 bits per heavy atom. The molecule has 28 heavy (non-hydrogen) atoms. The maximum absolute atomic E-state index is 12.5. The quantitative estimate of drug-likeness (QED) is 0.630. The van der Waals surface area contributed by atoms with Crippen LogP contribution in [0.5, 0.6) is 17.4 Å². The Morgan fingerprint density at radius 2 is 2.04 bits per heavy atom. The molecule has 1 aromatic carbocycles. The first-order valence-electron chi connectivity index (χ1n) is 8.76. The minimum Gasteiger partial charge on any atom is -0.487 e. The van der Waals surface area contributed by atoms with E-state index in [9.17, 15) is 4.79 Å².